The standard InChI is InChI=1S/C15H21BCl2N2O5/c1-8(2)5-13(16(24)25)20-15(23)12(7-21)19-14(22)10-6-9(17)3-4-11(10)18/h3-4,6,8,12-13,21,24-25H,5,7H2,1-2H3,(H,19,22)(H,20,23)/t12-,13-/m0/s1. The molecule has 0 saturated heterocycles. The molecule has 0 aliphatic carbocycles. The monoisotopic (exact) mass is 390 g/mol. The third-order valence-electron chi connectivity index (χ3n) is 3.39. The maximum absolute atomic E-state index is 12.2. The number of nitrogens with one attached hydrogen (secondary N) is 2. The first-order valence-corrected chi connectivity index (χ1v) is 8.44. The average molecular weight is 391 g/mol. The normalized spacial score (nSPS) is 13.3. The minimum Gasteiger partial charge on any atom is -0.426 e. The minimum atomic E-state index is -1.76. The van der Waals surface area contributed by atoms with Crippen LogP contribution in [0.3, 0.4) is 0 Å². The van der Waals surface area contributed by atoms with Gasteiger partial charge in [0, 0.05) is 5.02 Å². The number of amides is 2. The Kier molecular flexibility index (Phi) is 8.68. The van der Waals surface area contributed by atoms with E-state index in [-0.39, 0.29) is 16.5 Å². The Morgan fingerprint density at radius 3 is 2.36 bits per heavy atom. The molecule has 2 amide bonds. The highest BCUT2D eigenvalue weighted by molar-refractivity contribution is 6.43. The van der Waals surface area contributed by atoms with Gasteiger partial charge in [0.15, 0.2) is 0 Å². The lowest BCUT2D eigenvalue weighted by Crippen LogP contribution is -2.55. The zero-order valence-corrected chi connectivity index (χ0v) is 15.4. The van der Waals surface area contributed by atoms with E-state index in [9.17, 15) is 24.7 Å². The molecule has 2 atom stereocenters. The number of carbonyl (C=O) groups excluding carboxylic acids is 2. The van der Waals surface area contributed by atoms with E-state index in [0.29, 0.717) is 11.4 Å². The summed E-state index contributed by atoms with van der Waals surface area (Å²) < 4.78 is 0. The Hall–Kier alpha value is -1.32. The topological polar surface area (TPSA) is 119 Å². The molecule has 0 aliphatic heterocycles. The Morgan fingerprint density at radius 2 is 1.84 bits per heavy atom. The SMILES string of the molecule is CC(C)C[C@H](NC(=O)[C@H](CO)NC(=O)c1cc(Cl)ccc1Cl)B(O)O. The predicted octanol–water partition coefficient (Wildman–Crippen LogP) is 0.627. The van der Waals surface area contributed by atoms with Crippen LogP contribution in [0.1, 0.15) is 30.6 Å². The molecule has 0 unspecified atom stereocenters. The van der Waals surface area contributed by atoms with Gasteiger partial charge in [-0.1, -0.05) is 37.0 Å². The number of rotatable bonds is 8. The van der Waals surface area contributed by atoms with Crippen LogP contribution in [0.5, 0.6) is 0 Å². The highest BCUT2D eigenvalue weighted by atomic mass is 35.5. The fourth-order valence-electron chi connectivity index (χ4n) is 2.15. The van der Waals surface area contributed by atoms with Gasteiger partial charge in [-0.05, 0) is 30.5 Å². The van der Waals surface area contributed by atoms with E-state index in [1.54, 1.807) is 0 Å². The summed E-state index contributed by atoms with van der Waals surface area (Å²) in [6.45, 7) is 3.04. The summed E-state index contributed by atoms with van der Waals surface area (Å²) >= 11 is 11.8. The van der Waals surface area contributed by atoms with Gasteiger partial charge in [0.2, 0.25) is 5.91 Å². The highest BCUT2D eigenvalue weighted by Gasteiger charge is 2.30. The first-order valence-electron chi connectivity index (χ1n) is 7.69. The number of aliphatic hydroxyl groups excluding tert-OH is 1. The molecule has 5 N–H and O–H groups in total. The molecule has 0 aliphatic rings. The van der Waals surface area contributed by atoms with Crippen LogP contribution in [-0.4, -0.2) is 52.7 Å². The van der Waals surface area contributed by atoms with E-state index in [1.165, 1.54) is 18.2 Å². The molecule has 0 aromatic heterocycles. The summed E-state index contributed by atoms with van der Waals surface area (Å²) in [5.41, 5.74) is 0.0568. The molecule has 1 aromatic rings. The number of halogens is 2. The van der Waals surface area contributed by atoms with Crippen LogP contribution in [0.25, 0.3) is 0 Å². The largest absolute Gasteiger partial charge is 0.475 e. The summed E-state index contributed by atoms with van der Waals surface area (Å²) in [7, 11) is -1.76. The molecular weight excluding hydrogens is 370 g/mol. The number of hydrogen-bond acceptors (Lipinski definition) is 5. The van der Waals surface area contributed by atoms with Crippen molar-refractivity contribution in [3.63, 3.8) is 0 Å². The molecule has 7 nitrogen and oxygen atoms in total. The molecule has 0 saturated carbocycles. The predicted molar refractivity (Wildman–Crippen MR) is 96.4 cm³/mol. The number of carbonyl (C=O) groups is 2. The Bertz CT molecular complexity index is 616. The van der Waals surface area contributed by atoms with Crippen molar-refractivity contribution in [1.82, 2.24) is 10.6 Å². The fourth-order valence-corrected chi connectivity index (χ4v) is 2.52. The van der Waals surface area contributed by atoms with Crippen LogP contribution in [0.2, 0.25) is 10.0 Å². The zero-order chi connectivity index (χ0) is 19.1. The van der Waals surface area contributed by atoms with Gasteiger partial charge in [-0.15, -0.1) is 0 Å². The van der Waals surface area contributed by atoms with Crippen molar-refractivity contribution in [2.24, 2.45) is 5.92 Å². The second kappa shape index (κ2) is 9.99. The summed E-state index contributed by atoms with van der Waals surface area (Å²) in [5.74, 6) is -2.26. The lowest BCUT2D eigenvalue weighted by atomic mass is 9.75. The Labute approximate surface area is 156 Å². The molecule has 1 aromatic carbocycles. The van der Waals surface area contributed by atoms with Gasteiger partial charge in [0.1, 0.15) is 6.04 Å². The average Bonchev–Trinajstić information content (AvgIpc) is 2.53. The van der Waals surface area contributed by atoms with Crippen molar-refractivity contribution < 1.29 is 24.7 Å². The second-order valence-electron chi connectivity index (χ2n) is 5.99. The summed E-state index contributed by atoms with van der Waals surface area (Å²) in [6.07, 6.45) is 0.315. The summed E-state index contributed by atoms with van der Waals surface area (Å²) in [5, 5.41) is 33.3. The molecule has 0 heterocycles. The number of hydrogen-bond donors (Lipinski definition) is 5. The van der Waals surface area contributed by atoms with Gasteiger partial charge in [0.25, 0.3) is 5.91 Å². The van der Waals surface area contributed by atoms with E-state index in [4.69, 9.17) is 23.2 Å². The van der Waals surface area contributed by atoms with Crippen molar-refractivity contribution >= 4 is 42.1 Å². The first kappa shape index (κ1) is 21.7. The van der Waals surface area contributed by atoms with Crippen molar-refractivity contribution in [3.8, 4) is 0 Å². The van der Waals surface area contributed by atoms with Crippen LogP contribution in [-0.2, 0) is 4.79 Å². The smallest absolute Gasteiger partial charge is 0.426 e. The molecule has 25 heavy (non-hydrogen) atoms. The van der Waals surface area contributed by atoms with Gasteiger partial charge in [-0.2, -0.15) is 0 Å². The third-order valence-corrected chi connectivity index (χ3v) is 3.95. The number of benzene rings is 1. The van der Waals surface area contributed by atoms with Crippen molar-refractivity contribution in [1.29, 1.82) is 0 Å². The quantitative estimate of drug-likeness (QED) is 0.417. The van der Waals surface area contributed by atoms with Gasteiger partial charge in [0.05, 0.1) is 23.1 Å². The van der Waals surface area contributed by atoms with Gasteiger partial charge < -0.3 is 25.8 Å². The third kappa shape index (κ3) is 6.83. The van der Waals surface area contributed by atoms with E-state index < -0.39 is 37.5 Å². The second-order valence-corrected chi connectivity index (χ2v) is 6.83. The molecule has 0 bridgehead atoms. The molecule has 0 spiro atoms. The lowest BCUT2D eigenvalue weighted by molar-refractivity contribution is -0.124. The van der Waals surface area contributed by atoms with E-state index in [0.717, 1.165) is 0 Å². The summed E-state index contributed by atoms with van der Waals surface area (Å²) in [6, 6.07) is 3.00. The maximum atomic E-state index is 12.2. The summed E-state index contributed by atoms with van der Waals surface area (Å²) in [4.78, 5) is 24.5. The van der Waals surface area contributed by atoms with Gasteiger partial charge in [-0.25, -0.2) is 0 Å². The van der Waals surface area contributed by atoms with Crippen LogP contribution >= 0.6 is 23.2 Å². The lowest BCUT2D eigenvalue weighted by Gasteiger charge is -2.23. The Balaban J connectivity index is 2.81. The highest BCUT2D eigenvalue weighted by Crippen LogP contribution is 2.20. The van der Waals surface area contributed by atoms with Crippen LogP contribution < -0.4 is 10.6 Å². The van der Waals surface area contributed by atoms with Gasteiger partial charge in [-0.3, -0.25) is 9.59 Å². The Morgan fingerprint density at radius 1 is 1.20 bits per heavy atom. The fraction of sp³-hybridized carbons (Fsp3) is 0.467. The van der Waals surface area contributed by atoms with Crippen LogP contribution in [0.4, 0.5) is 0 Å². The van der Waals surface area contributed by atoms with E-state index in [2.05, 4.69) is 10.6 Å². The molecular formula is C15H21BCl2N2O5. The molecule has 138 valence electrons. The van der Waals surface area contributed by atoms with Crippen molar-refractivity contribution in [2.75, 3.05) is 6.61 Å². The zero-order valence-electron chi connectivity index (χ0n) is 13.9. The number of aliphatic hydroxyl groups is 1. The molecule has 10 heteroatoms. The first-order chi connectivity index (χ1) is 11.6. The molecule has 0 radical (unpaired) electrons. The van der Waals surface area contributed by atoms with Crippen molar-refractivity contribution in [2.45, 2.75) is 32.3 Å². The van der Waals surface area contributed by atoms with Gasteiger partial charge >= 0.3 is 7.12 Å². The van der Waals surface area contributed by atoms with E-state index in [1.807, 2.05) is 13.8 Å². The molecule has 0 fully saturated rings. The maximum Gasteiger partial charge on any atom is 0.475 e. The molecule has 1 rings (SSSR count). The minimum absolute atomic E-state index is 0.0568. The van der Waals surface area contributed by atoms with Crippen LogP contribution in [0, 0.1) is 5.92 Å². The van der Waals surface area contributed by atoms with Crippen molar-refractivity contribution in [3.05, 3.63) is 33.8 Å². The van der Waals surface area contributed by atoms with E-state index >= 15 is 0 Å². The van der Waals surface area contributed by atoms with Crippen LogP contribution in [0.15, 0.2) is 18.2 Å².